The highest BCUT2D eigenvalue weighted by atomic mass is 32.1. The summed E-state index contributed by atoms with van der Waals surface area (Å²) < 4.78 is 17.9. The minimum Gasteiger partial charge on any atom is -0.495 e. The Labute approximate surface area is 434 Å². The summed E-state index contributed by atoms with van der Waals surface area (Å²) in [7, 11) is 7.50. The molecule has 0 saturated carbocycles. The number of hydrogen-bond acceptors (Lipinski definition) is 14. The van der Waals surface area contributed by atoms with Gasteiger partial charge in [-0.2, -0.15) is 0 Å². The number of hydrogen-bond donors (Lipinski definition) is 2. The SMILES string of the molecule is CCN(C)C/C=C/C(=O)N1CCC(n2cc(-c3cc4cc(C)cc(OC)c4s3)c3c(N)ncnc32)C1.COc1cc(C)cc2cc(-c3cn(C4CCN(C(=O)/C=C/CN(C)C(C)C)C4)c4ncnc(N)c34)sc12. The zero-order valence-corrected chi connectivity index (χ0v) is 44.9. The van der Waals surface area contributed by atoms with Crippen molar-refractivity contribution in [3.8, 4) is 32.4 Å². The first-order chi connectivity index (χ1) is 35.1. The third-order valence-electron chi connectivity index (χ3n) is 14.2. The van der Waals surface area contributed by atoms with Gasteiger partial charge in [0.05, 0.1) is 46.5 Å². The number of amides is 2. The lowest BCUT2D eigenvalue weighted by Crippen LogP contribution is -2.29. The van der Waals surface area contributed by atoms with Crippen LogP contribution in [0.4, 0.5) is 11.6 Å². The summed E-state index contributed by atoms with van der Waals surface area (Å²) in [5, 5.41) is 3.99. The van der Waals surface area contributed by atoms with Crippen LogP contribution in [0.1, 0.15) is 56.8 Å². The monoisotopic (exact) mass is 1020 g/mol. The molecule has 10 rings (SSSR count). The number of nitrogen functional groups attached to an aromatic ring is 2. The molecule has 0 bridgehead atoms. The van der Waals surface area contributed by atoms with Crippen LogP contribution < -0.4 is 20.9 Å². The van der Waals surface area contributed by atoms with Crippen molar-refractivity contribution in [1.82, 2.24) is 48.7 Å². The zero-order chi connectivity index (χ0) is 51.7. The molecule has 2 amide bonds. The van der Waals surface area contributed by atoms with Crippen LogP contribution in [0.2, 0.25) is 0 Å². The van der Waals surface area contributed by atoms with E-state index in [4.69, 9.17) is 20.9 Å². The molecule has 6 aromatic heterocycles. The molecule has 2 aliphatic rings. The number of methoxy groups -OCH3 is 2. The highest BCUT2D eigenvalue weighted by molar-refractivity contribution is 7.23. The molecule has 2 aliphatic heterocycles. The molecule has 18 heteroatoms. The first-order valence-corrected chi connectivity index (χ1v) is 26.5. The van der Waals surface area contributed by atoms with Crippen LogP contribution in [0.15, 0.2) is 85.8 Å². The van der Waals surface area contributed by atoms with Crippen molar-refractivity contribution in [3.63, 3.8) is 0 Å². The average Bonchev–Trinajstić information content (AvgIpc) is 4.24. The molecule has 2 atom stereocenters. The Bertz CT molecular complexity index is 3390. The first kappa shape index (κ1) is 51.1. The quantitative estimate of drug-likeness (QED) is 0.0988. The molecule has 2 fully saturated rings. The third-order valence-corrected chi connectivity index (χ3v) is 16.6. The van der Waals surface area contributed by atoms with Crippen molar-refractivity contribution < 1.29 is 19.1 Å². The maximum atomic E-state index is 12.9. The van der Waals surface area contributed by atoms with Crippen LogP contribution >= 0.6 is 22.7 Å². The Morgan fingerprint density at radius 1 is 0.712 bits per heavy atom. The number of thiophene rings is 2. The van der Waals surface area contributed by atoms with E-state index in [1.165, 1.54) is 12.7 Å². The molecule has 16 nitrogen and oxygen atoms in total. The highest BCUT2D eigenvalue weighted by Crippen LogP contribution is 2.46. The minimum atomic E-state index is 0.0532. The van der Waals surface area contributed by atoms with E-state index in [-0.39, 0.29) is 23.9 Å². The van der Waals surface area contributed by atoms with Crippen molar-refractivity contribution in [2.75, 3.05) is 85.6 Å². The Morgan fingerprint density at radius 3 is 1.59 bits per heavy atom. The Morgan fingerprint density at radius 2 is 1.16 bits per heavy atom. The summed E-state index contributed by atoms with van der Waals surface area (Å²) in [5.41, 5.74) is 18.7. The molecule has 2 saturated heterocycles. The summed E-state index contributed by atoms with van der Waals surface area (Å²) in [4.78, 5) is 53.8. The summed E-state index contributed by atoms with van der Waals surface area (Å²) in [6, 6.07) is 13.5. The number of ether oxygens (including phenoxy) is 2. The Hall–Kier alpha value is -6.86. The second kappa shape index (κ2) is 21.7. The van der Waals surface area contributed by atoms with Crippen LogP contribution in [-0.4, -0.2) is 141 Å². The first-order valence-electron chi connectivity index (χ1n) is 24.8. The molecular weight excluding hydrogens is 957 g/mol. The topological polar surface area (TPSA) is 179 Å². The van der Waals surface area contributed by atoms with E-state index < -0.39 is 0 Å². The van der Waals surface area contributed by atoms with Gasteiger partial charge in [0.25, 0.3) is 0 Å². The average molecular weight is 1020 g/mol. The van der Waals surface area contributed by atoms with E-state index in [1.54, 1.807) is 49.0 Å². The number of rotatable bonds is 14. The fraction of sp³-hybridized carbons (Fsp3) is 0.382. The number of benzene rings is 2. The zero-order valence-electron chi connectivity index (χ0n) is 43.3. The van der Waals surface area contributed by atoms with Gasteiger partial charge < -0.3 is 49.7 Å². The van der Waals surface area contributed by atoms with Crippen molar-refractivity contribution in [2.45, 2.75) is 65.6 Å². The molecule has 8 heterocycles. The summed E-state index contributed by atoms with van der Waals surface area (Å²) >= 11 is 3.36. The molecule has 2 unspecified atom stereocenters. The van der Waals surface area contributed by atoms with Crippen LogP contribution in [0.3, 0.4) is 0 Å². The van der Waals surface area contributed by atoms with Crippen LogP contribution in [0.25, 0.3) is 63.1 Å². The van der Waals surface area contributed by atoms with Crippen LogP contribution in [0, 0.1) is 13.8 Å². The smallest absolute Gasteiger partial charge is 0.246 e. The third kappa shape index (κ3) is 10.5. The normalized spacial score (nSPS) is 16.3. The van der Waals surface area contributed by atoms with E-state index in [9.17, 15) is 9.59 Å². The molecule has 4 N–H and O–H groups in total. The molecule has 73 heavy (non-hydrogen) atoms. The molecule has 0 spiro atoms. The molecule has 0 radical (unpaired) electrons. The van der Waals surface area contributed by atoms with Gasteiger partial charge in [0.1, 0.15) is 47.1 Å². The predicted octanol–water partition coefficient (Wildman–Crippen LogP) is 9.38. The number of carbonyl (C=O) groups excluding carboxylic acids is 2. The predicted molar refractivity (Wildman–Crippen MR) is 298 cm³/mol. The number of aromatic nitrogens is 6. The summed E-state index contributed by atoms with van der Waals surface area (Å²) in [5.74, 6) is 2.78. The van der Waals surface area contributed by atoms with Crippen molar-refractivity contribution in [3.05, 3.63) is 96.9 Å². The number of likely N-dealkylation sites (tertiary alicyclic amines) is 2. The molecule has 382 valence electrons. The van der Waals surface area contributed by atoms with Gasteiger partial charge in [-0.1, -0.05) is 31.2 Å². The lowest BCUT2D eigenvalue weighted by molar-refractivity contribution is -0.125. The standard InChI is InChI=1S/C28H34N6O2S.C27H32N6O2S/c1-17(2)32(4)9-6-7-24(35)33-10-8-20(14-33)34-15-21(25-27(29)30-16-31-28(25)34)23-13-19-11-18(3)12-22(36-5)26(19)37-23;1-5-31(3)9-6-7-23(34)32-10-8-19(14-32)33-15-20(24-26(28)29-16-30-27(24)33)22-13-18-11-17(2)12-21(35-4)25(18)36-22/h6-7,11-13,15-17,20H,8-10,14H2,1-5H3,(H2,29,30,31);6-7,11-13,15-16,19H,5,8-10,14H2,1-4H3,(H2,28,29,30)/b2*7-6+. The van der Waals surface area contributed by atoms with E-state index in [0.717, 1.165) is 118 Å². The van der Waals surface area contributed by atoms with Gasteiger partial charge in [-0.25, -0.2) is 19.9 Å². The van der Waals surface area contributed by atoms with Gasteiger partial charge in [0, 0.05) is 90.7 Å². The van der Waals surface area contributed by atoms with Gasteiger partial charge in [-0.15, -0.1) is 22.7 Å². The van der Waals surface area contributed by atoms with Gasteiger partial charge >= 0.3 is 0 Å². The number of carbonyl (C=O) groups is 2. The number of anilines is 2. The van der Waals surface area contributed by atoms with Gasteiger partial charge in [0.15, 0.2) is 0 Å². The number of nitrogens with two attached hydrogens (primary N) is 2. The highest BCUT2D eigenvalue weighted by Gasteiger charge is 2.31. The maximum Gasteiger partial charge on any atom is 0.246 e. The number of nitrogens with zero attached hydrogens (tertiary/aromatic N) is 10. The second-order valence-electron chi connectivity index (χ2n) is 19.5. The van der Waals surface area contributed by atoms with Gasteiger partial charge in [0.2, 0.25) is 11.8 Å². The molecule has 8 aromatic rings. The fourth-order valence-electron chi connectivity index (χ4n) is 9.79. The lowest BCUT2D eigenvalue weighted by Gasteiger charge is -2.19. The van der Waals surface area contributed by atoms with E-state index in [1.807, 2.05) is 29.0 Å². The summed E-state index contributed by atoms with van der Waals surface area (Å²) in [6.07, 6.45) is 16.3. The maximum absolute atomic E-state index is 12.9. The van der Waals surface area contributed by atoms with Crippen molar-refractivity contribution >= 4 is 88.4 Å². The van der Waals surface area contributed by atoms with E-state index >= 15 is 0 Å². The van der Waals surface area contributed by atoms with Crippen molar-refractivity contribution in [2.24, 2.45) is 0 Å². The molecule has 2 aromatic carbocycles. The second-order valence-corrected chi connectivity index (χ2v) is 21.6. The van der Waals surface area contributed by atoms with Crippen molar-refractivity contribution in [1.29, 1.82) is 0 Å². The van der Waals surface area contributed by atoms with Crippen LogP contribution in [-0.2, 0) is 9.59 Å². The number of aryl methyl sites for hydroxylation is 2. The Balaban J connectivity index is 0.000000180. The number of likely N-dealkylation sites (N-methyl/N-ethyl adjacent to an activating group) is 2. The molecular formula is C55H66N12O4S2. The Kier molecular flexibility index (Phi) is 15.2. The number of fused-ring (bicyclic) bond motifs is 4. The molecule has 0 aliphatic carbocycles. The van der Waals surface area contributed by atoms with E-state index in [0.29, 0.717) is 43.9 Å². The summed E-state index contributed by atoms with van der Waals surface area (Å²) in [6.45, 7) is 15.7. The fourth-order valence-corrected chi connectivity index (χ4v) is 12.1. The minimum absolute atomic E-state index is 0.0532. The largest absolute Gasteiger partial charge is 0.495 e. The van der Waals surface area contributed by atoms with Gasteiger partial charge in [-0.05, 0) is 107 Å². The lowest BCUT2D eigenvalue weighted by atomic mass is 10.1. The van der Waals surface area contributed by atoms with Gasteiger partial charge in [-0.3, -0.25) is 9.59 Å². The van der Waals surface area contributed by atoms with Crippen LogP contribution in [0.5, 0.6) is 11.5 Å². The van der Waals surface area contributed by atoms with E-state index in [2.05, 4.69) is 129 Å².